The Bertz CT molecular complexity index is 1800. The van der Waals surface area contributed by atoms with Crippen molar-refractivity contribution in [1.29, 1.82) is 0 Å². The summed E-state index contributed by atoms with van der Waals surface area (Å²) in [5, 5.41) is 2.55. The van der Waals surface area contributed by atoms with Crippen molar-refractivity contribution in [1.82, 2.24) is 14.3 Å². The third-order valence-electron chi connectivity index (χ3n) is 7.20. The molecule has 0 radical (unpaired) electrons. The minimum absolute atomic E-state index is 0.0436. The second kappa shape index (κ2) is 10.2. The molecule has 0 aliphatic carbocycles. The molecule has 41 heavy (non-hydrogen) atoms. The van der Waals surface area contributed by atoms with Crippen LogP contribution < -0.4 is 16.3 Å². The molecule has 1 N–H and O–H groups in total. The number of hydrogen-bond acceptors (Lipinski definition) is 8. The highest BCUT2D eigenvalue weighted by atomic mass is 32.2. The first-order valence-electron chi connectivity index (χ1n) is 12.7. The van der Waals surface area contributed by atoms with Crippen molar-refractivity contribution in [2.45, 2.75) is 17.3 Å². The number of aromatic amines is 1. The number of ether oxygens (including phenoxy) is 1. The number of esters is 1. The molecular formula is C29H23N5O6S. The quantitative estimate of drug-likeness (QED) is 0.277. The SMILES string of the molecule is COC(=O)[C@@H]1N=C(SCc2ccccc2)[C@@]2(n3[nH]c(=O)n(-c4ccccc4)c3=O)C(=O)N(c3ccccc3)C(=O)[C@@H]12. The van der Waals surface area contributed by atoms with Gasteiger partial charge in [0.1, 0.15) is 11.0 Å². The number of thioether (sulfide) groups is 1. The van der Waals surface area contributed by atoms with Gasteiger partial charge in [0.25, 0.3) is 5.91 Å². The number of imide groups is 1. The molecule has 1 fully saturated rings. The Morgan fingerprint density at radius 3 is 2.10 bits per heavy atom. The Labute approximate surface area is 237 Å². The highest BCUT2D eigenvalue weighted by molar-refractivity contribution is 8.13. The van der Waals surface area contributed by atoms with E-state index in [1.54, 1.807) is 60.7 Å². The van der Waals surface area contributed by atoms with Gasteiger partial charge in [0.2, 0.25) is 11.4 Å². The number of methoxy groups -OCH3 is 1. The summed E-state index contributed by atoms with van der Waals surface area (Å²) in [4.78, 5) is 74.4. The van der Waals surface area contributed by atoms with E-state index in [1.165, 1.54) is 0 Å². The monoisotopic (exact) mass is 569 g/mol. The van der Waals surface area contributed by atoms with Crippen molar-refractivity contribution < 1.29 is 19.1 Å². The minimum Gasteiger partial charge on any atom is -0.467 e. The first-order valence-corrected chi connectivity index (χ1v) is 13.6. The van der Waals surface area contributed by atoms with E-state index >= 15 is 0 Å². The fraction of sp³-hybridized carbons (Fsp3) is 0.172. The molecule has 3 atom stereocenters. The number of H-pyrrole nitrogens is 1. The zero-order valence-corrected chi connectivity index (χ0v) is 22.5. The highest BCUT2D eigenvalue weighted by Crippen LogP contribution is 2.49. The van der Waals surface area contributed by atoms with Gasteiger partial charge in [-0.25, -0.2) is 33.6 Å². The standard InChI is InChI=1S/C29H23N5O6S/c1-40-24(36)22-21-23(35)32(19-13-7-3-8-14-19)26(37)29(21,25(30-22)41-17-18-11-5-2-6-12-18)34-28(39)33(27(38)31-34)20-15-9-4-10-16-20/h2-16,21-22H,17H2,1H3,(H,31,38)/t21-,22-,29-/m1/s1. The number of amides is 2. The van der Waals surface area contributed by atoms with Crippen molar-refractivity contribution in [3.63, 3.8) is 0 Å². The molecule has 0 bridgehead atoms. The molecule has 12 heteroatoms. The van der Waals surface area contributed by atoms with Gasteiger partial charge in [-0.3, -0.25) is 14.6 Å². The van der Waals surface area contributed by atoms with Gasteiger partial charge in [-0.05, 0) is 29.8 Å². The van der Waals surface area contributed by atoms with Crippen molar-refractivity contribution in [2.24, 2.45) is 10.9 Å². The van der Waals surface area contributed by atoms with Crippen LogP contribution in [0.25, 0.3) is 5.69 Å². The average molecular weight is 570 g/mol. The van der Waals surface area contributed by atoms with Crippen molar-refractivity contribution >= 4 is 40.3 Å². The molecule has 3 aromatic carbocycles. The topological polar surface area (TPSA) is 136 Å². The molecule has 3 heterocycles. The predicted octanol–water partition coefficient (Wildman–Crippen LogP) is 2.10. The molecule has 1 saturated heterocycles. The maximum atomic E-state index is 14.6. The summed E-state index contributed by atoms with van der Waals surface area (Å²) in [6.07, 6.45) is 0. The van der Waals surface area contributed by atoms with E-state index < -0.39 is 46.7 Å². The Morgan fingerprint density at radius 2 is 1.49 bits per heavy atom. The fourth-order valence-corrected chi connectivity index (χ4v) is 6.58. The second-order valence-corrected chi connectivity index (χ2v) is 10.4. The average Bonchev–Trinajstić information content (AvgIpc) is 3.58. The van der Waals surface area contributed by atoms with Crippen LogP contribution in [0.4, 0.5) is 5.69 Å². The molecule has 2 aliphatic heterocycles. The number of nitrogens with one attached hydrogen (secondary N) is 1. The number of fused-ring (bicyclic) bond motifs is 1. The Hall–Kier alpha value is -4.97. The Kier molecular flexibility index (Phi) is 6.54. The van der Waals surface area contributed by atoms with Crippen molar-refractivity contribution in [3.05, 3.63) is 118 Å². The summed E-state index contributed by atoms with van der Waals surface area (Å²) in [5.41, 5.74) is -2.44. The van der Waals surface area contributed by atoms with Gasteiger partial charge in [0, 0.05) is 5.75 Å². The van der Waals surface area contributed by atoms with Gasteiger partial charge >= 0.3 is 17.3 Å². The Morgan fingerprint density at radius 1 is 0.902 bits per heavy atom. The number of benzene rings is 3. The number of aliphatic imine (C=N–C) groups is 1. The van der Waals surface area contributed by atoms with E-state index in [1.807, 2.05) is 30.3 Å². The summed E-state index contributed by atoms with van der Waals surface area (Å²) in [7, 11) is 1.16. The van der Waals surface area contributed by atoms with Gasteiger partial charge in [-0.2, -0.15) is 0 Å². The summed E-state index contributed by atoms with van der Waals surface area (Å²) < 4.78 is 6.72. The van der Waals surface area contributed by atoms with Crippen molar-refractivity contribution in [2.75, 3.05) is 12.0 Å². The van der Waals surface area contributed by atoms with E-state index in [0.717, 1.165) is 38.6 Å². The highest BCUT2D eigenvalue weighted by Gasteiger charge is 2.72. The normalized spacial score (nSPS) is 21.6. The molecule has 6 rings (SSSR count). The third kappa shape index (κ3) is 3.98. The number of anilines is 1. The number of carbonyl (C=O) groups excluding carboxylic acids is 3. The second-order valence-electron chi connectivity index (χ2n) is 9.44. The molecule has 4 aromatic rings. The minimum atomic E-state index is -2.14. The summed E-state index contributed by atoms with van der Waals surface area (Å²) in [5.74, 6) is -3.57. The molecule has 0 spiro atoms. The van der Waals surface area contributed by atoms with Gasteiger partial charge in [-0.1, -0.05) is 66.7 Å². The molecule has 0 unspecified atom stereocenters. The third-order valence-corrected chi connectivity index (χ3v) is 8.37. The van der Waals surface area contributed by atoms with Crippen LogP contribution in [0.2, 0.25) is 0 Å². The van der Waals surface area contributed by atoms with Crippen LogP contribution in [-0.2, 0) is 30.4 Å². The van der Waals surface area contributed by atoms with Gasteiger partial charge in [0.15, 0.2) is 6.04 Å². The zero-order valence-electron chi connectivity index (χ0n) is 21.7. The van der Waals surface area contributed by atoms with Crippen LogP contribution in [0.5, 0.6) is 0 Å². The number of carbonyl (C=O) groups is 3. The molecule has 11 nitrogen and oxygen atoms in total. The predicted molar refractivity (Wildman–Crippen MR) is 152 cm³/mol. The molecule has 206 valence electrons. The van der Waals surface area contributed by atoms with E-state index in [-0.39, 0.29) is 16.4 Å². The van der Waals surface area contributed by atoms with Crippen LogP contribution in [0.15, 0.2) is 106 Å². The fourth-order valence-electron chi connectivity index (χ4n) is 5.37. The number of aromatic nitrogens is 3. The van der Waals surface area contributed by atoms with Gasteiger partial charge < -0.3 is 4.74 Å². The number of rotatable bonds is 6. The van der Waals surface area contributed by atoms with Crippen LogP contribution in [0.3, 0.4) is 0 Å². The first-order chi connectivity index (χ1) is 19.9. The van der Waals surface area contributed by atoms with Crippen molar-refractivity contribution in [3.8, 4) is 5.69 Å². The van der Waals surface area contributed by atoms with Gasteiger partial charge in [-0.15, -0.1) is 11.8 Å². The first kappa shape index (κ1) is 26.3. The maximum absolute atomic E-state index is 14.6. The van der Waals surface area contributed by atoms with Crippen LogP contribution in [0, 0.1) is 5.92 Å². The lowest BCUT2D eigenvalue weighted by Gasteiger charge is -2.28. The largest absolute Gasteiger partial charge is 0.467 e. The summed E-state index contributed by atoms with van der Waals surface area (Å²) in [6.45, 7) is 0. The number of nitrogens with zero attached hydrogens (tertiary/aromatic N) is 4. The summed E-state index contributed by atoms with van der Waals surface area (Å²) in [6, 6.07) is 24.3. The maximum Gasteiger partial charge on any atom is 0.353 e. The number of hydrogen-bond donors (Lipinski definition) is 1. The lowest BCUT2D eigenvalue weighted by molar-refractivity contribution is -0.145. The van der Waals surface area contributed by atoms with E-state index in [0.29, 0.717) is 5.75 Å². The molecule has 0 saturated carbocycles. The number of para-hydroxylation sites is 2. The van der Waals surface area contributed by atoms with Gasteiger partial charge in [0.05, 0.1) is 18.5 Å². The lowest BCUT2D eigenvalue weighted by Crippen LogP contribution is -2.55. The smallest absolute Gasteiger partial charge is 0.353 e. The lowest BCUT2D eigenvalue weighted by atomic mass is 9.84. The van der Waals surface area contributed by atoms with E-state index in [4.69, 9.17) is 4.74 Å². The molecule has 1 aromatic heterocycles. The van der Waals surface area contributed by atoms with Crippen LogP contribution in [0.1, 0.15) is 5.56 Å². The molecule has 2 aliphatic rings. The van der Waals surface area contributed by atoms with Crippen LogP contribution >= 0.6 is 11.8 Å². The molecular weight excluding hydrogens is 546 g/mol. The van der Waals surface area contributed by atoms with E-state index in [2.05, 4.69) is 10.1 Å². The summed E-state index contributed by atoms with van der Waals surface area (Å²) >= 11 is 1.11. The zero-order chi connectivity index (χ0) is 28.7. The molecule has 2 amide bonds. The Balaban J connectivity index is 1.60. The van der Waals surface area contributed by atoms with E-state index in [9.17, 15) is 24.0 Å². The van der Waals surface area contributed by atoms with Crippen LogP contribution in [-0.4, -0.2) is 50.3 Å².